The van der Waals surface area contributed by atoms with Gasteiger partial charge in [0, 0.05) is 17.1 Å². The number of aromatic amines is 1. The quantitative estimate of drug-likeness (QED) is 0.736. The second-order valence-electron chi connectivity index (χ2n) is 5.01. The van der Waals surface area contributed by atoms with Gasteiger partial charge in [-0.25, -0.2) is 13.2 Å². The fourth-order valence-electron chi connectivity index (χ4n) is 2.90. The first kappa shape index (κ1) is 11.6. The molecule has 0 aliphatic heterocycles. The number of hydrogen-bond donors (Lipinski definition) is 1. The number of nitrogens with one attached hydrogen (secondary N) is 1. The van der Waals surface area contributed by atoms with Crippen LogP contribution in [0, 0.1) is 23.4 Å². The molecule has 1 atom stereocenters. The van der Waals surface area contributed by atoms with E-state index >= 15 is 0 Å². The molecule has 1 aliphatic rings. The molecule has 1 aromatic carbocycles. The van der Waals surface area contributed by atoms with E-state index < -0.39 is 17.5 Å². The Labute approximate surface area is 103 Å². The van der Waals surface area contributed by atoms with Crippen LogP contribution in [0.15, 0.2) is 6.07 Å². The number of rotatable bonds is 1. The van der Waals surface area contributed by atoms with Crippen molar-refractivity contribution in [3.05, 3.63) is 34.8 Å². The molecule has 3 rings (SSSR count). The largest absolute Gasteiger partial charge is 0.358 e. The maximum absolute atomic E-state index is 13.9. The lowest BCUT2D eigenvalue weighted by atomic mass is 9.85. The van der Waals surface area contributed by atoms with Gasteiger partial charge in [0.25, 0.3) is 0 Å². The third-order valence-electron chi connectivity index (χ3n) is 3.99. The van der Waals surface area contributed by atoms with Gasteiger partial charge >= 0.3 is 0 Å². The third kappa shape index (κ3) is 1.55. The van der Waals surface area contributed by atoms with Crippen LogP contribution in [0.4, 0.5) is 13.2 Å². The summed E-state index contributed by atoms with van der Waals surface area (Å²) in [5.41, 5.74) is 2.13. The molecule has 0 saturated heterocycles. The van der Waals surface area contributed by atoms with Crippen LogP contribution in [0.25, 0.3) is 10.9 Å². The van der Waals surface area contributed by atoms with Gasteiger partial charge in [-0.15, -0.1) is 0 Å². The van der Waals surface area contributed by atoms with Crippen LogP contribution in [0.5, 0.6) is 0 Å². The Morgan fingerprint density at radius 1 is 1.28 bits per heavy atom. The highest BCUT2D eigenvalue weighted by Crippen LogP contribution is 2.35. The van der Waals surface area contributed by atoms with Gasteiger partial charge in [0.05, 0.1) is 5.52 Å². The second kappa shape index (κ2) is 4.04. The molecule has 0 radical (unpaired) electrons. The molecule has 0 spiro atoms. The summed E-state index contributed by atoms with van der Waals surface area (Å²) in [6.45, 7) is 2.10. The molecule has 2 aromatic rings. The Morgan fingerprint density at radius 2 is 2.06 bits per heavy atom. The van der Waals surface area contributed by atoms with Crippen molar-refractivity contribution < 1.29 is 13.2 Å². The van der Waals surface area contributed by atoms with E-state index in [0.717, 1.165) is 43.0 Å². The summed E-state index contributed by atoms with van der Waals surface area (Å²) in [5.74, 6) is -3.06. The molecule has 1 heterocycles. The van der Waals surface area contributed by atoms with Crippen molar-refractivity contribution >= 4 is 10.9 Å². The van der Waals surface area contributed by atoms with Gasteiger partial charge in [0.1, 0.15) is 0 Å². The lowest BCUT2D eigenvalue weighted by Crippen LogP contribution is -2.12. The van der Waals surface area contributed by atoms with Gasteiger partial charge in [-0.3, -0.25) is 0 Å². The van der Waals surface area contributed by atoms with Gasteiger partial charge in [0.2, 0.25) is 0 Å². The standard InChI is InChI=1S/C14H14F3N/c1-2-7-3-4-10-8(5-7)12-11(18-10)6-9(15)13(16)14(12)17/h6-7,18H,2-5H2,1H3. The van der Waals surface area contributed by atoms with Crippen molar-refractivity contribution in [2.45, 2.75) is 32.6 Å². The second-order valence-corrected chi connectivity index (χ2v) is 5.01. The lowest BCUT2D eigenvalue weighted by Gasteiger charge is -2.20. The molecule has 1 unspecified atom stereocenters. The van der Waals surface area contributed by atoms with E-state index in [2.05, 4.69) is 11.9 Å². The topological polar surface area (TPSA) is 15.8 Å². The molecule has 0 amide bonds. The van der Waals surface area contributed by atoms with Gasteiger partial charge < -0.3 is 4.98 Å². The van der Waals surface area contributed by atoms with Crippen LogP contribution in [-0.4, -0.2) is 4.98 Å². The molecule has 18 heavy (non-hydrogen) atoms. The SMILES string of the molecule is CCC1CCc2[nH]c3cc(F)c(F)c(F)c3c2C1. The molecule has 1 aliphatic carbocycles. The minimum absolute atomic E-state index is 0.238. The Morgan fingerprint density at radius 3 is 2.78 bits per heavy atom. The van der Waals surface area contributed by atoms with Crippen LogP contribution in [-0.2, 0) is 12.8 Å². The van der Waals surface area contributed by atoms with E-state index in [1.807, 2.05) is 0 Å². The number of aromatic nitrogens is 1. The molecule has 1 aromatic heterocycles. The first-order chi connectivity index (χ1) is 8.61. The molecular formula is C14H14F3N. The van der Waals surface area contributed by atoms with Crippen molar-refractivity contribution in [2.75, 3.05) is 0 Å². The average Bonchev–Trinajstić information content (AvgIpc) is 2.72. The van der Waals surface area contributed by atoms with Crippen LogP contribution in [0.1, 0.15) is 31.0 Å². The smallest absolute Gasteiger partial charge is 0.195 e. The zero-order valence-electron chi connectivity index (χ0n) is 10.1. The van der Waals surface area contributed by atoms with Crippen molar-refractivity contribution in [1.82, 2.24) is 4.98 Å². The average molecular weight is 253 g/mol. The Kier molecular flexibility index (Phi) is 2.61. The molecular weight excluding hydrogens is 239 g/mol. The first-order valence-corrected chi connectivity index (χ1v) is 6.28. The number of benzene rings is 1. The molecule has 0 saturated carbocycles. The summed E-state index contributed by atoms with van der Waals surface area (Å²) >= 11 is 0. The number of H-pyrrole nitrogens is 1. The van der Waals surface area contributed by atoms with Gasteiger partial charge in [-0.2, -0.15) is 0 Å². The summed E-state index contributed by atoms with van der Waals surface area (Å²) < 4.78 is 40.4. The van der Waals surface area contributed by atoms with E-state index in [1.54, 1.807) is 0 Å². The highest BCUT2D eigenvalue weighted by atomic mass is 19.2. The van der Waals surface area contributed by atoms with Crippen LogP contribution < -0.4 is 0 Å². The minimum atomic E-state index is -1.37. The monoisotopic (exact) mass is 253 g/mol. The van der Waals surface area contributed by atoms with Gasteiger partial charge in [-0.05, 0) is 30.7 Å². The van der Waals surface area contributed by atoms with Crippen molar-refractivity contribution in [3.8, 4) is 0 Å². The fraction of sp³-hybridized carbons (Fsp3) is 0.429. The summed E-state index contributed by atoms with van der Waals surface area (Å²) in [7, 11) is 0. The zero-order valence-corrected chi connectivity index (χ0v) is 10.1. The van der Waals surface area contributed by atoms with Crippen molar-refractivity contribution in [1.29, 1.82) is 0 Å². The van der Waals surface area contributed by atoms with Crippen LogP contribution >= 0.6 is 0 Å². The maximum Gasteiger partial charge on any atom is 0.195 e. The first-order valence-electron chi connectivity index (χ1n) is 6.28. The predicted molar refractivity (Wildman–Crippen MR) is 64.0 cm³/mol. The van der Waals surface area contributed by atoms with Gasteiger partial charge in [-0.1, -0.05) is 13.3 Å². The van der Waals surface area contributed by atoms with Crippen LogP contribution in [0.3, 0.4) is 0 Å². The Hall–Kier alpha value is -1.45. The summed E-state index contributed by atoms with van der Waals surface area (Å²) in [6.07, 6.45) is 3.64. The number of fused-ring (bicyclic) bond motifs is 3. The normalized spacial score (nSPS) is 19.2. The van der Waals surface area contributed by atoms with E-state index in [1.165, 1.54) is 0 Å². The Balaban J connectivity index is 2.25. The van der Waals surface area contributed by atoms with E-state index in [0.29, 0.717) is 11.4 Å². The molecule has 0 fully saturated rings. The lowest BCUT2D eigenvalue weighted by molar-refractivity contribution is 0.440. The van der Waals surface area contributed by atoms with E-state index in [9.17, 15) is 13.2 Å². The maximum atomic E-state index is 13.9. The summed E-state index contributed by atoms with van der Waals surface area (Å²) in [4.78, 5) is 3.02. The number of hydrogen-bond acceptors (Lipinski definition) is 0. The number of halogens is 3. The van der Waals surface area contributed by atoms with E-state index in [-0.39, 0.29) is 5.39 Å². The van der Waals surface area contributed by atoms with Gasteiger partial charge in [0.15, 0.2) is 17.5 Å². The Bertz CT molecular complexity index is 615. The minimum Gasteiger partial charge on any atom is -0.358 e. The molecule has 96 valence electrons. The summed E-state index contributed by atoms with van der Waals surface area (Å²) in [5, 5.41) is 0.238. The molecule has 1 N–H and O–H groups in total. The molecule has 4 heteroatoms. The third-order valence-corrected chi connectivity index (χ3v) is 3.99. The molecule has 1 nitrogen and oxygen atoms in total. The molecule has 0 bridgehead atoms. The fourth-order valence-corrected chi connectivity index (χ4v) is 2.90. The zero-order chi connectivity index (χ0) is 12.9. The highest BCUT2D eigenvalue weighted by molar-refractivity contribution is 5.85. The number of aryl methyl sites for hydroxylation is 1. The van der Waals surface area contributed by atoms with E-state index in [4.69, 9.17) is 0 Å². The predicted octanol–water partition coefficient (Wildman–Crippen LogP) is 4.10. The highest BCUT2D eigenvalue weighted by Gasteiger charge is 2.25. The van der Waals surface area contributed by atoms with Crippen molar-refractivity contribution in [3.63, 3.8) is 0 Å². The van der Waals surface area contributed by atoms with Crippen LogP contribution in [0.2, 0.25) is 0 Å². The van der Waals surface area contributed by atoms with Crippen molar-refractivity contribution in [2.24, 2.45) is 5.92 Å². The summed E-state index contributed by atoms with van der Waals surface area (Å²) in [6, 6.07) is 1.05.